The maximum atomic E-state index is 15.0. The second-order valence-corrected chi connectivity index (χ2v) is 7.91. The molecule has 0 aliphatic carbocycles. The summed E-state index contributed by atoms with van der Waals surface area (Å²) in [6.07, 6.45) is 0.455. The maximum Gasteiger partial charge on any atom is 0.340 e. The van der Waals surface area contributed by atoms with Crippen molar-refractivity contribution >= 4 is 11.7 Å². The van der Waals surface area contributed by atoms with Crippen molar-refractivity contribution in [3.8, 4) is 22.8 Å². The van der Waals surface area contributed by atoms with Crippen LogP contribution in [0.2, 0.25) is 0 Å². The fraction of sp³-hybridized carbons (Fsp3) is 0.240. The molecule has 0 spiro atoms. The summed E-state index contributed by atoms with van der Waals surface area (Å²) in [4.78, 5) is 20.3. The zero-order valence-corrected chi connectivity index (χ0v) is 18.1. The fourth-order valence-corrected chi connectivity index (χ4v) is 3.62. The molecule has 3 aromatic rings. The minimum Gasteiger partial charge on any atom is -0.506 e. The van der Waals surface area contributed by atoms with Gasteiger partial charge in [-0.25, -0.2) is 14.2 Å². The number of ether oxygens (including phenoxy) is 1. The number of benzene rings is 2. The molecule has 6 nitrogen and oxygen atoms in total. The molecule has 0 radical (unpaired) electrons. The Kier molecular flexibility index (Phi) is 5.90. The summed E-state index contributed by atoms with van der Waals surface area (Å²) in [6, 6.07) is 12.7. The lowest BCUT2D eigenvalue weighted by molar-refractivity contribution is -0.140. The number of nitrogens with zero attached hydrogens (tertiary/aromatic N) is 2. The number of halogens is 1. The summed E-state index contributed by atoms with van der Waals surface area (Å²) in [7, 11) is 0. The molecule has 32 heavy (non-hydrogen) atoms. The van der Waals surface area contributed by atoms with Crippen LogP contribution >= 0.6 is 0 Å². The first-order valence-electron chi connectivity index (χ1n) is 10.2. The van der Waals surface area contributed by atoms with Gasteiger partial charge >= 0.3 is 5.97 Å². The lowest BCUT2D eigenvalue weighted by atomic mass is 9.96. The van der Waals surface area contributed by atoms with E-state index in [0.29, 0.717) is 29.1 Å². The fourth-order valence-electron chi connectivity index (χ4n) is 3.62. The third kappa shape index (κ3) is 4.46. The number of aromatic nitrogens is 1. The number of aryl methyl sites for hydroxylation is 2. The minimum absolute atomic E-state index is 0.0136. The van der Waals surface area contributed by atoms with Gasteiger partial charge in [-0.3, -0.25) is 0 Å². The van der Waals surface area contributed by atoms with E-state index in [4.69, 9.17) is 4.74 Å². The summed E-state index contributed by atoms with van der Waals surface area (Å²) < 4.78 is 20.6. The Morgan fingerprint density at radius 1 is 1.12 bits per heavy atom. The average Bonchev–Trinajstić information content (AvgIpc) is 3.19. The van der Waals surface area contributed by atoms with Gasteiger partial charge in [0, 0.05) is 17.7 Å². The Morgan fingerprint density at radius 3 is 2.56 bits per heavy atom. The molecule has 2 heterocycles. The highest BCUT2D eigenvalue weighted by Crippen LogP contribution is 2.31. The van der Waals surface area contributed by atoms with E-state index in [-0.39, 0.29) is 24.5 Å². The number of hydrogen-bond acceptors (Lipinski definition) is 6. The number of oxime groups is 1. The first-order valence-corrected chi connectivity index (χ1v) is 10.2. The molecule has 0 fully saturated rings. The predicted molar refractivity (Wildman–Crippen MR) is 118 cm³/mol. The molecule has 0 saturated carbocycles. The van der Waals surface area contributed by atoms with Crippen molar-refractivity contribution in [2.45, 2.75) is 33.6 Å². The van der Waals surface area contributed by atoms with Crippen molar-refractivity contribution in [2.75, 3.05) is 6.61 Å². The van der Waals surface area contributed by atoms with Crippen LogP contribution in [0.15, 0.2) is 47.6 Å². The molecule has 1 aliphatic heterocycles. The highest BCUT2D eigenvalue weighted by molar-refractivity contribution is 6.02. The van der Waals surface area contributed by atoms with Crippen LogP contribution in [0.4, 0.5) is 4.39 Å². The first kappa shape index (κ1) is 21.5. The molecule has 1 aliphatic rings. The summed E-state index contributed by atoms with van der Waals surface area (Å²) in [6.45, 7) is 5.57. The molecule has 0 bridgehead atoms. The van der Waals surface area contributed by atoms with Gasteiger partial charge in [-0.15, -0.1) is 0 Å². The molecule has 0 atom stereocenters. The molecule has 0 unspecified atom stereocenters. The lowest BCUT2D eigenvalue weighted by Crippen LogP contribution is -2.12. The minimum atomic E-state index is -0.464. The molecule has 164 valence electrons. The van der Waals surface area contributed by atoms with Crippen LogP contribution in [0, 0.1) is 26.6 Å². The Labute approximate surface area is 185 Å². The Hall–Kier alpha value is -3.74. The van der Waals surface area contributed by atoms with E-state index in [1.165, 1.54) is 0 Å². The molecular weight excluding hydrogens is 411 g/mol. The number of pyridine rings is 1. The first-order chi connectivity index (χ1) is 15.3. The van der Waals surface area contributed by atoms with Crippen molar-refractivity contribution in [3.05, 3.63) is 76.2 Å². The largest absolute Gasteiger partial charge is 0.506 e. The van der Waals surface area contributed by atoms with E-state index in [2.05, 4.69) is 15.0 Å². The van der Waals surface area contributed by atoms with Crippen LogP contribution in [0.5, 0.6) is 11.5 Å². The quantitative estimate of drug-likeness (QED) is 0.564. The van der Waals surface area contributed by atoms with Gasteiger partial charge in [0.15, 0.2) is 11.6 Å². The summed E-state index contributed by atoms with van der Waals surface area (Å²) in [5.74, 6) is -0.713. The smallest absolute Gasteiger partial charge is 0.340 e. The van der Waals surface area contributed by atoms with Crippen molar-refractivity contribution < 1.29 is 23.9 Å². The van der Waals surface area contributed by atoms with E-state index in [1.807, 2.05) is 38.1 Å². The van der Waals surface area contributed by atoms with Crippen LogP contribution < -0.4 is 4.74 Å². The van der Waals surface area contributed by atoms with E-state index in [1.54, 1.807) is 25.1 Å². The van der Waals surface area contributed by atoms with Gasteiger partial charge in [-0.1, -0.05) is 35.0 Å². The van der Waals surface area contributed by atoms with Gasteiger partial charge in [-0.2, -0.15) is 0 Å². The summed E-state index contributed by atoms with van der Waals surface area (Å²) >= 11 is 0. The van der Waals surface area contributed by atoms with Gasteiger partial charge in [0.2, 0.25) is 0 Å². The Bertz CT molecular complexity index is 1220. The van der Waals surface area contributed by atoms with E-state index >= 15 is 4.39 Å². The van der Waals surface area contributed by atoms with Gasteiger partial charge in [-0.05, 0) is 55.7 Å². The third-order valence-corrected chi connectivity index (χ3v) is 5.46. The molecule has 7 heteroatoms. The van der Waals surface area contributed by atoms with Crippen LogP contribution in [0.1, 0.15) is 34.4 Å². The summed E-state index contributed by atoms with van der Waals surface area (Å²) in [5.41, 5.74) is 5.69. The van der Waals surface area contributed by atoms with Crippen LogP contribution in [-0.4, -0.2) is 28.4 Å². The Balaban J connectivity index is 1.58. The Morgan fingerprint density at radius 2 is 1.88 bits per heavy atom. The molecule has 0 amide bonds. The van der Waals surface area contributed by atoms with E-state index in [0.717, 1.165) is 22.3 Å². The van der Waals surface area contributed by atoms with Gasteiger partial charge in [0.05, 0.1) is 6.42 Å². The molecule has 0 saturated heterocycles. The topological polar surface area (TPSA) is 81.0 Å². The van der Waals surface area contributed by atoms with Gasteiger partial charge in [0.1, 0.15) is 23.8 Å². The van der Waals surface area contributed by atoms with Gasteiger partial charge < -0.3 is 14.7 Å². The molecule has 1 aromatic heterocycles. The van der Waals surface area contributed by atoms with Crippen LogP contribution in [-0.2, 0) is 16.1 Å². The predicted octanol–water partition coefficient (Wildman–Crippen LogP) is 4.79. The zero-order chi connectivity index (χ0) is 22.8. The number of carbonyl (C=O) groups excluding carboxylic acids is 1. The normalized spacial score (nSPS) is 13.1. The molecule has 1 N–H and O–H groups in total. The summed E-state index contributed by atoms with van der Waals surface area (Å²) in [5, 5.41) is 13.9. The molecular formula is C25H23FN2O4. The number of carbonyl (C=O) groups is 1. The highest BCUT2D eigenvalue weighted by Gasteiger charge is 2.20. The van der Waals surface area contributed by atoms with E-state index < -0.39 is 11.8 Å². The second kappa shape index (κ2) is 8.78. The lowest BCUT2D eigenvalue weighted by Gasteiger charge is -2.15. The standard InChI is InChI=1S/C25H23FN2O4/c1-14-4-6-17(7-5-14)25-21(29)9-8-18(27-25)11-20-15(2)10-22(24(26)16(20)3)31-13-19-12-23(30)32-28-19/h4-10,29H,11-13H2,1-3H3. The van der Waals surface area contributed by atoms with Crippen LogP contribution in [0.25, 0.3) is 11.3 Å². The van der Waals surface area contributed by atoms with Gasteiger partial charge in [0.25, 0.3) is 0 Å². The SMILES string of the molecule is Cc1ccc(-c2nc(Cc3c(C)cc(OCC4=NOC(=O)C4)c(F)c3C)ccc2O)cc1. The maximum absolute atomic E-state index is 15.0. The third-order valence-electron chi connectivity index (χ3n) is 5.46. The van der Waals surface area contributed by atoms with Crippen molar-refractivity contribution in [2.24, 2.45) is 5.16 Å². The highest BCUT2D eigenvalue weighted by atomic mass is 19.1. The number of aromatic hydroxyl groups is 1. The monoisotopic (exact) mass is 434 g/mol. The van der Waals surface area contributed by atoms with Crippen molar-refractivity contribution in [3.63, 3.8) is 0 Å². The zero-order valence-electron chi connectivity index (χ0n) is 18.1. The van der Waals surface area contributed by atoms with Crippen molar-refractivity contribution in [1.82, 2.24) is 4.98 Å². The average molecular weight is 434 g/mol. The molecule has 2 aromatic carbocycles. The second-order valence-electron chi connectivity index (χ2n) is 7.91. The van der Waals surface area contributed by atoms with Crippen LogP contribution in [0.3, 0.4) is 0 Å². The van der Waals surface area contributed by atoms with Crippen molar-refractivity contribution in [1.29, 1.82) is 0 Å². The number of hydrogen-bond donors (Lipinski definition) is 1. The molecule has 4 rings (SSSR count). The van der Waals surface area contributed by atoms with E-state index in [9.17, 15) is 9.90 Å². The number of rotatable bonds is 6.